The van der Waals surface area contributed by atoms with Gasteiger partial charge >= 0.3 is 0 Å². The van der Waals surface area contributed by atoms with Crippen LogP contribution in [0.15, 0.2) is 23.4 Å². The van der Waals surface area contributed by atoms with Crippen LogP contribution < -0.4 is 5.73 Å². The molecule has 0 saturated carbocycles. The third kappa shape index (κ3) is 4.40. The Kier molecular flexibility index (Phi) is 5.47. The number of nitrogens with two attached hydrogens (primary N) is 1. The van der Waals surface area contributed by atoms with Crippen LogP contribution in [0.1, 0.15) is 12.8 Å². The van der Waals surface area contributed by atoms with E-state index in [9.17, 15) is 4.79 Å². The highest BCUT2D eigenvalue weighted by atomic mass is 32.2. The number of amides is 1. The monoisotopic (exact) mass is 281 g/mol. The molecule has 0 unspecified atom stereocenters. The van der Waals surface area contributed by atoms with Gasteiger partial charge in [0.2, 0.25) is 5.91 Å². The number of rotatable bonds is 5. The molecule has 0 radical (unpaired) electrons. The molecular weight excluding hydrogens is 262 g/mol. The van der Waals surface area contributed by atoms with Gasteiger partial charge in [-0.05, 0) is 18.2 Å². The Hall–Kier alpha value is -1.27. The summed E-state index contributed by atoms with van der Waals surface area (Å²) in [6.45, 7) is 2.77. The molecule has 5 nitrogen and oxygen atoms in total. The number of anilines is 1. The molecule has 1 fully saturated rings. The van der Waals surface area contributed by atoms with Crippen LogP contribution in [-0.2, 0) is 9.53 Å². The predicted octanol–water partition coefficient (Wildman–Crippen LogP) is 1.39. The maximum atomic E-state index is 11.9. The van der Waals surface area contributed by atoms with Gasteiger partial charge in [-0.15, -0.1) is 11.8 Å². The first-order valence-corrected chi connectivity index (χ1v) is 7.44. The van der Waals surface area contributed by atoms with Crippen molar-refractivity contribution in [1.29, 1.82) is 0 Å². The van der Waals surface area contributed by atoms with E-state index in [1.54, 1.807) is 24.2 Å². The van der Waals surface area contributed by atoms with Crippen LogP contribution in [0.5, 0.6) is 0 Å². The molecule has 104 valence electrons. The van der Waals surface area contributed by atoms with E-state index in [2.05, 4.69) is 4.98 Å². The molecule has 0 aliphatic carbocycles. The van der Waals surface area contributed by atoms with E-state index in [1.807, 2.05) is 11.0 Å². The minimum Gasteiger partial charge on any atom is -0.397 e. The van der Waals surface area contributed by atoms with E-state index in [0.717, 1.165) is 30.2 Å². The van der Waals surface area contributed by atoms with Crippen LogP contribution in [0.2, 0.25) is 0 Å². The number of nitrogens with zero attached hydrogens (tertiary/aromatic N) is 2. The number of hydrogen-bond donors (Lipinski definition) is 1. The molecule has 1 aliphatic heterocycles. The molecule has 19 heavy (non-hydrogen) atoms. The van der Waals surface area contributed by atoms with Gasteiger partial charge in [0.1, 0.15) is 0 Å². The fourth-order valence-electron chi connectivity index (χ4n) is 1.90. The number of ether oxygens (including phenoxy) is 1. The fraction of sp³-hybridized carbons (Fsp3) is 0.538. The lowest BCUT2D eigenvalue weighted by Gasteiger charge is -2.26. The highest BCUT2D eigenvalue weighted by Gasteiger charge is 2.15. The minimum absolute atomic E-state index is 0.228. The van der Waals surface area contributed by atoms with E-state index in [0.29, 0.717) is 25.3 Å². The lowest BCUT2D eigenvalue weighted by Crippen LogP contribution is -2.40. The van der Waals surface area contributed by atoms with Gasteiger partial charge in [-0.1, -0.05) is 0 Å². The summed E-state index contributed by atoms with van der Waals surface area (Å²) in [5.74, 6) is 1.12. The molecule has 2 N–H and O–H groups in total. The number of pyridine rings is 1. The van der Waals surface area contributed by atoms with Gasteiger partial charge in [0.15, 0.2) is 0 Å². The summed E-state index contributed by atoms with van der Waals surface area (Å²) >= 11 is 1.68. The van der Waals surface area contributed by atoms with Crippen LogP contribution in [0, 0.1) is 0 Å². The Labute approximate surface area is 117 Å². The molecule has 0 bridgehead atoms. The van der Waals surface area contributed by atoms with Gasteiger partial charge in [0, 0.05) is 30.6 Å². The van der Waals surface area contributed by atoms with Crippen LogP contribution >= 0.6 is 11.8 Å². The smallest absolute Gasteiger partial charge is 0.222 e. The van der Waals surface area contributed by atoms with Gasteiger partial charge in [0.25, 0.3) is 0 Å². The summed E-state index contributed by atoms with van der Waals surface area (Å²) in [5.41, 5.74) is 6.51. The normalized spacial score (nSPS) is 15.5. The zero-order valence-corrected chi connectivity index (χ0v) is 11.7. The Bertz CT molecular complexity index is 422. The molecular formula is C13H19N3O2S. The summed E-state index contributed by atoms with van der Waals surface area (Å²) < 4.78 is 5.23. The lowest BCUT2D eigenvalue weighted by atomic mass is 10.3. The Balaban J connectivity index is 1.66. The number of carbonyl (C=O) groups is 1. The number of aromatic nitrogens is 1. The van der Waals surface area contributed by atoms with Crippen LogP contribution in [0.3, 0.4) is 0 Å². The van der Waals surface area contributed by atoms with Crippen LogP contribution in [0.25, 0.3) is 0 Å². The largest absolute Gasteiger partial charge is 0.397 e. The minimum atomic E-state index is 0.228. The van der Waals surface area contributed by atoms with E-state index < -0.39 is 0 Å². The second-order valence-corrected chi connectivity index (χ2v) is 5.50. The molecule has 1 saturated heterocycles. The molecule has 2 rings (SSSR count). The summed E-state index contributed by atoms with van der Waals surface area (Å²) in [6, 6.07) is 1.91. The van der Waals surface area contributed by atoms with Gasteiger partial charge in [-0.25, -0.2) is 0 Å². The van der Waals surface area contributed by atoms with Crippen molar-refractivity contribution in [2.75, 3.05) is 37.8 Å². The standard InChI is InChI=1S/C13H19N3O2S/c14-11-10-15-4-3-12(11)19-9-1-2-13(17)16-5-7-18-8-6-16/h3-4,10H,1-2,5-9,14H2. The number of nitrogen functional groups attached to an aromatic ring is 1. The molecule has 1 aromatic rings. The highest BCUT2D eigenvalue weighted by molar-refractivity contribution is 7.99. The molecule has 0 spiro atoms. The van der Waals surface area contributed by atoms with Crippen LogP contribution in [0.4, 0.5) is 5.69 Å². The first kappa shape index (κ1) is 14.1. The maximum absolute atomic E-state index is 11.9. The van der Waals surface area contributed by atoms with E-state index in [1.165, 1.54) is 0 Å². The SMILES string of the molecule is Nc1cnccc1SCCCC(=O)N1CCOCC1. The van der Waals surface area contributed by atoms with Crippen molar-refractivity contribution in [2.24, 2.45) is 0 Å². The van der Waals surface area contributed by atoms with Crippen molar-refractivity contribution < 1.29 is 9.53 Å². The van der Waals surface area contributed by atoms with Crippen molar-refractivity contribution in [1.82, 2.24) is 9.88 Å². The number of carbonyl (C=O) groups excluding carboxylic acids is 1. The topological polar surface area (TPSA) is 68.5 Å². The lowest BCUT2D eigenvalue weighted by molar-refractivity contribution is -0.135. The van der Waals surface area contributed by atoms with Gasteiger partial charge in [-0.2, -0.15) is 0 Å². The van der Waals surface area contributed by atoms with Crippen molar-refractivity contribution in [3.05, 3.63) is 18.5 Å². The van der Waals surface area contributed by atoms with E-state index in [4.69, 9.17) is 10.5 Å². The number of thioether (sulfide) groups is 1. The van der Waals surface area contributed by atoms with Crippen molar-refractivity contribution in [3.63, 3.8) is 0 Å². The van der Waals surface area contributed by atoms with E-state index in [-0.39, 0.29) is 5.91 Å². The fourth-order valence-corrected chi connectivity index (χ4v) is 2.79. The quantitative estimate of drug-likeness (QED) is 0.652. The summed E-state index contributed by atoms with van der Waals surface area (Å²) in [7, 11) is 0. The van der Waals surface area contributed by atoms with Crippen molar-refractivity contribution in [2.45, 2.75) is 17.7 Å². The maximum Gasteiger partial charge on any atom is 0.222 e. The Morgan fingerprint density at radius 1 is 1.47 bits per heavy atom. The average molecular weight is 281 g/mol. The Morgan fingerprint density at radius 3 is 3.00 bits per heavy atom. The number of hydrogen-bond acceptors (Lipinski definition) is 5. The van der Waals surface area contributed by atoms with E-state index >= 15 is 0 Å². The van der Waals surface area contributed by atoms with Crippen LogP contribution in [-0.4, -0.2) is 47.8 Å². The second-order valence-electron chi connectivity index (χ2n) is 4.36. The van der Waals surface area contributed by atoms with Gasteiger partial charge in [-0.3, -0.25) is 9.78 Å². The third-order valence-corrected chi connectivity index (χ3v) is 4.14. The molecule has 1 aromatic heterocycles. The second kappa shape index (κ2) is 7.35. The average Bonchev–Trinajstić information content (AvgIpc) is 2.46. The van der Waals surface area contributed by atoms with Gasteiger partial charge in [0.05, 0.1) is 25.1 Å². The summed E-state index contributed by atoms with van der Waals surface area (Å²) in [6.07, 6.45) is 4.85. The Morgan fingerprint density at radius 2 is 2.26 bits per heavy atom. The van der Waals surface area contributed by atoms with Gasteiger partial charge < -0.3 is 15.4 Å². The number of morpholine rings is 1. The molecule has 1 aliphatic rings. The molecule has 2 heterocycles. The zero-order valence-electron chi connectivity index (χ0n) is 10.9. The molecule has 0 atom stereocenters. The molecule has 6 heteroatoms. The molecule has 1 amide bonds. The summed E-state index contributed by atoms with van der Waals surface area (Å²) in [4.78, 5) is 18.8. The predicted molar refractivity (Wildman–Crippen MR) is 76.0 cm³/mol. The first-order valence-electron chi connectivity index (χ1n) is 6.45. The van der Waals surface area contributed by atoms with Crippen molar-refractivity contribution >= 4 is 23.4 Å². The third-order valence-electron chi connectivity index (χ3n) is 2.97. The first-order chi connectivity index (χ1) is 9.27. The highest BCUT2D eigenvalue weighted by Crippen LogP contribution is 2.24. The zero-order chi connectivity index (χ0) is 13.5. The summed E-state index contributed by atoms with van der Waals surface area (Å²) in [5, 5.41) is 0. The van der Waals surface area contributed by atoms with Crippen molar-refractivity contribution in [3.8, 4) is 0 Å². The molecule has 0 aromatic carbocycles.